The van der Waals surface area contributed by atoms with E-state index in [0.717, 1.165) is 32.8 Å². The zero-order valence-corrected chi connectivity index (χ0v) is 11.6. The molecule has 1 fully saturated rings. The maximum Gasteiger partial charge on any atom is 0.356 e. The van der Waals surface area contributed by atoms with Crippen molar-refractivity contribution in [3.63, 3.8) is 0 Å². The van der Waals surface area contributed by atoms with Gasteiger partial charge >= 0.3 is 5.97 Å². The summed E-state index contributed by atoms with van der Waals surface area (Å²) in [5, 5.41) is 8.99. The first-order chi connectivity index (χ1) is 10.2. The van der Waals surface area contributed by atoms with E-state index < -0.39 is 5.97 Å². The van der Waals surface area contributed by atoms with Crippen LogP contribution in [0.5, 0.6) is 5.75 Å². The molecule has 2 aromatic heterocycles. The first-order valence-electron chi connectivity index (χ1n) is 6.88. The lowest BCUT2D eigenvalue weighted by Gasteiger charge is -2.26. The Hall–Kier alpha value is -2.12. The van der Waals surface area contributed by atoms with Gasteiger partial charge in [-0.2, -0.15) is 0 Å². The highest BCUT2D eigenvalue weighted by Crippen LogP contribution is 2.19. The van der Waals surface area contributed by atoms with Crippen molar-refractivity contribution in [1.29, 1.82) is 0 Å². The highest BCUT2D eigenvalue weighted by Gasteiger charge is 2.13. The minimum atomic E-state index is -1.04. The molecule has 0 atom stereocenters. The van der Waals surface area contributed by atoms with E-state index in [0.29, 0.717) is 18.0 Å². The number of hydrogen-bond donors (Lipinski definition) is 1. The summed E-state index contributed by atoms with van der Waals surface area (Å²) in [6, 6.07) is 3.61. The largest absolute Gasteiger partial charge is 0.488 e. The van der Waals surface area contributed by atoms with E-state index in [1.807, 2.05) is 6.07 Å². The maximum absolute atomic E-state index is 11.0. The third-order valence-corrected chi connectivity index (χ3v) is 3.43. The van der Waals surface area contributed by atoms with Crippen molar-refractivity contribution in [3.05, 3.63) is 30.2 Å². The smallest absolute Gasteiger partial charge is 0.356 e. The first-order valence-corrected chi connectivity index (χ1v) is 6.88. The van der Waals surface area contributed by atoms with Crippen LogP contribution in [-0.2, 0) is 4.74 Å². The lowest BCUT2D eigenvalue weighted by molar-refractivity contribution is 0.0323. The molecule has 2 aromatic rings. The number of carboxylic acids is 1. The fourth-order valence-electron chi connectivity index (χ4n) is 2.31. The van der Waals surface area contributed by atoms with Crippen LogP contribution in [-0.4, -0.2) is 64.8 Å². The summed E-state index contributed by atoms with van der Waals surface area (Å²) in [6.45, 7) is 4.71. The minimum Gasteiger partial charge on any atom is -0.488 e. The van der Waals surface area contributed by atoms with Crippen molar-refractivity contribution >= 4 is 11.6 Å². The summed E-state index contributed by atoms with van der Waals surface area (Å²) < 4.78 is 12.7. The number of nitrogens with zero attached hydrogens (tertiary/aromatic N) is 3. The van der Waals surface area contributed by atoms with E-state index in [-0.39, 0.29) is 5.69 Å². The van der Waals surface area contributed by atoms with Gasteiger partial charge in [-0.25, -0.2) is 9.78 Å². The molecule has 0 amide bonds. The molecule has 7 heteroatoms. The number of morpholine rings is 1. The molecule has 0 spiro atoms. The highest BCUT2D eigenvalue weighted by atomic mass is 16.5. The number of ether oxygens (including phenoxy) is 2. The molecule has 112 valence electrons. The molecule has 0 unspecified atom stereocenters. The van der Waals surface area contributed by atoms with Gasteiger partial charge in [-0.3, -0.25) is 4.90 Å². The van der Waals surface area contributed by atoms with E-state index in [1.54, 1.807) is 16.7 Å². The van der Waals surface area contributed by atoms with Crippen LogP contribution in [0.4, 0.5) is 0 Å². The number of carboxylic acid groups (broad SMARTS) is 1. The Labute approximate surface area is 121 Å². The van der Waals surface area contributed by atoms with Crippen LogP contribution in [0.3, 0.4) is 0 Å². The van der Waals surface area contributed by atoms with Crippen LogP contribution in [0.25, 0.3) is 5.65 Å². The lowest BCUT2D eigenvalue weighted by atomic mass is 10.4. The number of carbonyl (C=O) groups is 1. The Bertz CT molecular complexity index is 634. The molecule has 21 heavy (non-hydrogen) atoms. The Morgan fingerprint density at radius 1 is 1.43 bits per heavy atom. The quantitative estimate of drug-likeness (QED) is 0.876. The predicted molar refractivity (Wildman–Crippen MR) is 74.9 cm³/mol. The normalized spacial score (nSPS) is 16.2. The summed E-state index contributed by atoms with van der Waals surface area (Å²) in [4.78, 5) is 17.3. The fourth-order valence-corrected chi connectivity index (χ4v) is 2.31. The lowest BCUT2D eigenvalue weighted by Crippen LogP contribution is -2.38. The predicted octanol–water partition coefficient (Wildman–Crippen LogP) is 0.743. The van der Waals surface area contributed by atoms with Crippen LogP contribution in [0.15, 0.2) is 24.5 Å². The monoisotopic (exact) mass is 291 g/mol. The summed E-state index contributed by atoms with van der Waals surface area (Å²) in [6.07, 6.45) is 3.23. The van der Waals surface area contributed by atoms with Crippen LogP contribution in [0.2, 0.25) is 0 Å². The average Bonchev–Trinajstić information content (AvgIpc) is 2.94. The van der Waals surface area contributed by atoms with Crippen molar-refractivity contribution in [2.75, 3.05) is 39.5 Å². The molecule has 0 aliphatic carbocycles. The van der Waals surface area contributed by atoms with E-state index in [1.165, 1.54) is 6.20 Å². The van der Waals surface area contributed by atoms with Gasteiger partial charge in [-0.1, -0.05) is 0 Å². The van der Waals surface area contributed by atoms with Crippen LogP contribution in [0, 0.1) is 0 Å². The van der Waals surface area contributed by atoms with Gasteiger partial charge in [0.05, 0.1) is 13.2 Å². The van der Waals surface area contributed by atoms with Gasteiger partial charge in [0.25, 0.3) is 0 Å². The van der Waals surface area contributed by atoms with Gasteiger partial charge in [0.15, 0.2) is 17.1 Å². The van der Waals surface area contributed by atoms with Gasteiger partial charge in [0, 0.05) is 32.0 Å². The second-order valence-electron chi connectivity index (χ2n) is 4.84. The Kier molecular flexibility index (Phi) is 4.03. The highest BCUT2D eigenvalue weighted by molar-refractivity contribution is 5.86. The number of imidazole rings is 1. The van der Waals surface area contributed by atoms with Crippen LogP contribution >= 0.6 is 0 Å². The Morgan fingerprint density at radius 3 is 3.00 bits per heavy atom. The summed E-state index contributed by atoms with van der Waals surface area (Å²) in [5.41, 5.74) is 0.538. The summed E-state index contributed by atoms with van der Waals surface area (Å²) in [7, 11) is 0. The van der Waals surface area contributed by atoms with Crippen molar-refractivity contribution in [1.82, 2.24) is 14.3 Å². The zero-order chi connectivity index (χ0) is 14.7. The molecule has 7 nitrogen and oxygen atoms in total. The number of pyridine rings is 1. The molecule has 3 heterocycles. The molecule has 1 N–H and O–H groups in total. The molecule has 0 bridgehead atoms. The molecule has 1 saturated heterocycles. The number of aromatic nitrogens is 2. The van der Waals surface area contributed by atoms with Gasteiger partial charge in [0.1, 0.15) is 6.61 Å². The molecule has 1 aliphatic rings. The molecule has 3 rings (SSSR count). The number of hydrogen-bond acceptors (Lipinski definition) is 5. The molecule has 0 radical (unpaired) electrons. The van der Waals surface area contributed by atoms with Gasteiger partial charge in [-0.05, 0) is 12.1 Å². The van der Waals surface area contributed by atoms with E-state index >= 15 is 0 Å². The van der Waals surface area contributed by atoms with Gasteiger partial charge in [0.2, 0.25) is 0 Å². The minimum absolute atomic E-state index is 0.0132. The second kappa shape index (κ2) is 6.11. The van der Waals surface area contributed by atoms with Gasteiger partial charge < -0.3 is 19.0 Å². The Morgan fingerprint density at radius 2 is 2.24 bits per heavy atom. The Balaban J connectivity index is 1.67. The van der Waals surface area contributed by atoms with E-state index in [2.05, 4.69) is 9.88 Å². The zero-order valence-electron chi connectivity index (χ0n) is 11.6. The molecular formula is C14H17N3O4. The second-order valence-corrected chi connectivity index (χ2v) is 4.84. The molecule has 0 aromatic carbocycles. The summed E-state index contributed by atoms with van der Waals surface area (Å²) >= 11 is 0. The average molecular weight is 291 g/mol. The number of rotatable bonds is 5. The van der Waals surface area contributed by atoms with E-state index in [9.17, 15) is 4.79 Å². The number of aromatic carboxylic acids is 1. The fraction of sp³-hybridized carbons (Fsp3) is 0.429. The topological polar surface area (TPSA) is 76.3 Å². The maximum atomic E-state index is 11.0. The first kappa shape index (κ1) is 13.8. The van der Waals surface area contributed by atoms with E-state index in [4.69, 9.17) is 14.6 Å². The van der Waals surface area contributed by atoms with Crippen LogP contribution < -0.4 is 4.74 Å². The van der Waals surface area contributed by atoms with Crippen molar-refractivity contribution in [3.8, 4) is 5.75 Å². The standard InChI is InChI=1S/C14H17N3O4/c18-14(19)11-10-17-3-1-2-12(13(17)15-11)21-9-6-16-4-7-20-8-5-16/h1-3,10H,4-9H2,(H,18,19). The third kappa shape index (κ3) is 3.14. The third-order valence-electron chi connectivity index (χ3n) is 3.43. The van der Waals surface area contributed by atoms with Gasteiger partial charge in [-0.15, -0.1) is 0 Å². The summed E-state index contributed by atoms with van der Waals surface area (Å²) in [5.74, 6) is -0.448. The van der Waals surface area contributed by atoms with Crippen molar-refractivity contribution in [2.24, 2.45) is 0 Å². The van der Waals surface area contributed by atoms with Crippen LogP contribution in [0.1, 0.15) is 10.5 Å². The number of fused-ring (bicyclic) bond motifs is 1. The molecule has 0 saturated carbocycles. The van der Waals surface area contributed by atoms with Crippen molar-refractivity contribution < 1.29 is 19.4 Å². The van der Waals surface area contributed by atoms with Crippen molar-refractivity contribution in [2.45, 2.75) is 0 Å². The molecular weight excluding hydrogens is 274 g/mol. The molecule has 1 aliphatic heterocycles. The SMILES string of the molecule is O=C(O)c1cn2cccc(OCCN3CCOCC3)c2n1.